The molecule has 0 spiro atoms. The number of ether oxygens (including phenoxy) is 1. The summed E-state index contributed by atoms with van der Waals surface area (Å²) in [5.74, 6) is -4.84. The van der Waals surface area contributed by atoms with E-state index in [1.54, 1.807) is 18.2 Å². The number of hydrogen-bond acceptors (Lipinski definition) is 10. The topological polar surface area (TPSA) is 210 Å². The number of rotatable bonds is 12. The number of imide groups is 1. The number of anilines is 2. The average molecular weight is 553 g/mol. The molecule has 1 atom stereocenters. The van der Waals surface area contributed by atoms with Crippen LogP contribution in [0, 0.1) is 0 Å². The fourth-order valence-electron chi connectivity index (χ4n) is 3.12. The zero-order valence-corrected chi connectivity index (χ0v) is 20.6. The first kappa shape index (κ1) is 29.0. The minimum atomic E-state index is -1.62. The van der Waals surface area contributed by atoms with Gasteiger partial charge in [-0.05, 0) is 36.4 Å². The van der Waals surface area contributed by atoms with Gasteiger partial charge in [0.15, 0.2) is 6.04 Å². The van der Waals surface area contributed by atoms with Gasteiger partial charge < -0.3 is 25.3 Å². The summed E-state index contributed by atoms with van der Waals surface area (Å²) in [6.07, 6.45) is 1.22. The summed E-state index contributed by atoms with van der Waals surface area (Å²) in [5, 5.41) is 15.9. The predicted molar refractivity (Wildman–Crippen MR) is 135 cm³/mol. The van der Waals surface area contributed by atoms with Gasteiger partial charge in [-0.15, -0.1) is 5.48 Å². The molecule has 40 heavy (non-hydrogen) atoms. The molecule has 15 heteroatoms. The minimum absolute atomic E-state index is 0.225. The Bertz CT molecular complexity index is 1310. The summed E-state index contributed by atoms with van der Waals surface area (Å²) in [7, 11) is 0. The lowest BCUT2D eigenvalue weighted by molar-refractivity contribution is -0.142. The molecular formula is C25H23N5O10. The molecule has 1 aliphatic heterocycles. The normalized spacial score (nSPS) is 12.8. The molecule has 0 bridgehead atoms. The van der Waals surface area contributed by atoms with E-state index < -0.39 is 67.4 Å². The highest BCUT2D eigenvalue weighted by Gasteiger charge is 2.25. The summed E-state index contributed by atoms with van der Waals surface area (Å²) >= 11 is 0. The molecule has 0 aromatic heterocycles. The Labute approximate surface area is 226 Å². The van der Waals surface area contributed by atoms with Crippen molar-refractivity contribution in [3.63, 3.8) is 0 Å². The molecule has 0 aliphatic carbocycles. The molecule has 0 radical (unpaired) electrons. The van der Waals surface area contributed by atoms with Crippen molar-refractivity contribution in [3.8, 4) is 0 Å². The molecule has 5 N–H and O–H groups in total. The Balaban J connectivity index is 1.36. The highest BCUT2D eigenvalue weighted by Crippen LogP contribution is 2.21. The van der Waals surface area contributed by atoms with E-state index in [-0.39, 0.29) is 16.9 Å². The van der Waals surface area contributed by atoms with Crippen molar-refractivity contribution >= 4 is 53.0 Å². The molecule has 5 amide bonds. The maximum Gasteiger partial charge on any atom is 0.411 e. The fourth-order valence-corrected chi connectivity index (χ4v) is 3.12. The average Bonchev–Trinajstić information content (AvgIpc) is 3.28. The molecule has 1 heterocycles. The first-order chi connectivity index (χ1) is 19.1. The van der Waals surface area contributed by atoms with E-state index in [0.717, 1.165) is 17.1 Å². The largest absolute Gasteiger partial charge is 0.480 e. The lowest BCUT2D eigenvalue weighted by Gasteiger charge is -2.16. The van der Waals surface area contributed by atoms with Crippen molar-refractivity contribution in [3.05, 3.63) is 72.3 Å². The molecule has 0 saturated carbocycles. The van der Waals surface area contributed by atoms with Gasteiger partial charge in [-0.25, -0.2) is 19.3 Å². The molecule has 15 nitrogen and oxygen atoms in total. The van der Waals surface area contributed by atoms with Gasteiger partial charge >= 0.3 is 18.0 Å². The quantitative estimate of drug-likeness (QED) is 0.170. The van der Waals surface area contributed by atoms with Crippen molar-refractivity contribution < 1.29 is 48.2 Å². The zero-order chi connectivity index (χ0) is 29.1. The van der Waals surface area contributed by atoms with Gasteiger partial charge in [0.05, 0.1) is 17.8 Å². The highest BCUT2D eigenvalue weighted by molar-refractivity contribution is 6.28. The van der Waals surface area contributed by atoms with E-state index in [2.05, 4.69) is 21.4 Å². The van der Waals surface area contributed by atoms with Gasteiger partial charge in [0.25, 0.3) is 11.8 Å². The molecule has 1 aliphatic rings. The number of benzene rings is 2. The first-order valence-corrected chi connectivity index (χ1v) is 11.5. The molecule has 0 saturated heterocycles. The third-order valence-electron chi connectivity index (χ3n) is 5.05. The molecular weight excluding hydrogens is 530 g/mol. The number of hydrogen-bond donors (Lipinski definition) is 5. The van der Waals surface area contributed by atoms with Gasteiger partial charge in [0.1, 0.15) is 13.2 Å². The van der Waals surface area contributed by atoms with Crippen LogP contribution in [0.1, 0.15) is 10.4 Å². The van der Waals surface area contributed by atoms with Gasteiger partial charge in [0.2, 0.25) is 11.8 Å². The number of carbonyl (C=O) groups excluding carboxylic acids is 6. The van der Waals surface area contributed by atoms with Crippen LogP contribution in [0.3, 0.4) is 0 Å². The SMILES string of the molecule is O=C(CNOC(=O)c1ccccc1)NCC(=O)NC(COC(=O)Nc1ccc(N2C(=O)C=CC2=O)cc1)C(=O)O. The van der Waals surface area contributed by atoms with Crippen molar-refractivity contribution in [2.45, 2.75) is 6.04 Å². The predicted octanol–water partition coefficient (Wildman–Crippen LogP) is -0.288. The second-order valence-corrected chi connectivity index (χ2v) is 7.93. The highest BCUT2D eigenvalue weighted by atomic mass is 16.7. The van der Waals surface area contributed by atoms with Crippen LogP contribution in [-0.4, -0.2) is 72.5 Å². The number of aliphatic carboxylic acids is 1. The van der Waals surface area contributed by atoms with Gasteiger partial charge in [-0.2, -0.15) is 0 Å². The summed E-state index contributed by atoms with van der Waals surface area (Å²) in [6.45, 7) is -1.81. The Morgan fingerprint density at radius 3 is 2.12 bits per heavy atom. The van der Waals surface area contributed by atoms with E-state index in [9.17, 15) is 38.7 Å². The van der Waals surface area contributed by atoms with Gasteiger partial charge in [-0.1, -0.05) is 18.2 Å². The number of nitrogens with zero attached hydrogens (tertiary/aromatic N) is 1. The van der Waals surface area contributed by atoms with E-state index in [1.165, 1.54) is 36.4 Å². The lowest BCUT2D eigenvalue weighted by atomic mass is 10.2. The zero-order valence-electron chi connectivity index (χ0n) is 20.6. The molecule has 2 aromatic rings. The second kappa shape index (κ2) is 13.8. The Morgan fingerprint density at radius 2 is 1.50 bits per heavy atom. The van der Waals surface area contributed by atoms with Crippen LogP contribution in [0.25, 0.3) is 0 Å². The monoisotopic (exact) mass is 553 g/mol. The Morgan fingerprint density at radius 1 is 0.850 bits per heavy atom. The van der Waals surface area contributed by atoms with E-state index in [4.69, 9.17) is 9.57 Å². The van der Waals surface area contributed by atoms with Crippen LogP contribution in [0.5, 0.6) is 0 Å². The van der Waals surface area contributed by atoms with Crippen molar-refractivity contribution in [1.82, 2.24) is 16.1 Å². The van der Waals surface area contributed by atoms with Crippen molar-refractivity contribution in [2.24, 2.45) is 0 Å². The third-order valence-corrected chi connectivity index (χ3v) is 5.05. The molecule has 0 fully saturated rings. The number of carbonyl (C=O) groups is 7. The molecule has 3 rings (SSSR count). The van der Waals surface area contributed by atoms with Crippen LogP contribution < -0.4 is 26.3 Å². The van der Waals surface area contributed by atoms with Crippen LogP contribution in [0.15, 0.2) is 66.7 Å². The number of nitrogens with one attached hydrogen (secondary N) is 4. The van der Waals surface area contributed by atoms with E-state index in [1.807, 2.05) is 0 Å². The summed E-state index contributed by atoms with van der Waals surface area (Å²) < 4.78 is 4.85. The maximum atomic E-state index is 12.1. The van der Waals surface area contributed by atoms with Gasteiger partial charge in [-0.3, -0.25) is 24.5 Å². The number of carboxylic acid groups (broad SMARTS) is 1. The molecule has 1 unspecified atom stereocenters. The van der Waals surface area contributed by atoms with Crippen LogP contribution in [0.2, 0.25) is 0 Å². The Kier molecular flexibility index (Phi) is 10.0. The molecule has 2 aromatic carbocycles. The minimum Gasteiger partial charge on any atom is -0.480 e. The van der Waals surface area contributed by atoms with Crippen molar-refractivity contribution in [1.29, 1.82) is 0 Å². The summed E-state index contributed by atoms with van der Waals surface area (Å²) in [4.78, 5) is 88.2. The maximum absolute atomic E-state index is 12.1. The van der Waals surface area contributed by atoms with Crippen LogP contribution in [-0.2, 0) is 33.5 Å². The number of amides is 5. The van der Waals surface area contributed by atoms with Crippen molar-refractivity contribution in [2.75, 3.05) is 29.9 Å². The number of carboxylic acids is 1. The fraction of sp³-hybridized carbons (Fsp3) is 0.160. The van der Waals surface area contributed by atoms with Crippen LogP contribution in [0.4, 0.5) is 16.2 Å². The lowest BCUT2D eigenvalue weighted by Crippen LogP contribution is -2.49. The van der Waals surface area contributed by atoms with E-state index in [0.29, 0.717) is 0 Å². The smallest absolute Gasteiger partial charge is 0.411 e. The summed E-state index contributed by atoms with van der Waals surface area (Å²) in [6, 6.07) is 12.0. The second-order valence-electron chi connectivity index (χ2n) is 7.93. The molecule has 208 valence electrons. The Hall–Kier alpha value is -5.57. The summed E-state index contributed by atoms with van der Waals surface area (Å²) in [5.41, 5.74) is 2.92. The van der Waals surface area contributed by atoms with E-state index >= 15 is 0 Å². The standard InChI is InChI=1S/C25H23N5O10/c31-19(13-27-40-24(37)15-4-2-1-3-5-15)26-12-20(32)29-18(23(35)36)14-39-25(38)28-16-6-8-17(9-7-16)30-21(33)10-11-22(30)34/h1-11,18,27H,12-14H2,(H,26,31)(H,28,38)(H,29,32)(H,35,36). The van der Waals surface area contributed by atoms with Crippen LogP contribution >= 0.6 is 0 Å². The first-order valence-electron chi connectivity index (χ1n) is 11.5. The van der Waals surface area contributed by atoms with Gasteiger partial charge in [0, 0.05) is 17.8 Å². The number of hydroxylamine groups is 1. The third kappa shape index (κ3) is 8.49.